The predicted octanol–water partition coefficient (Wildman–Crippen LogP) is 5.41. The van der Waals surface area contributed by atoms with Gasteiger partial charge in [-0.3, -0.25) is 0 Å². The first-order valence-corrected chi connectivity index (χ1v) is 16.6. The Morgan fingerprint density at radius 2 is 1.91 bits per heavy atom. The van der Waals surface area contributed by atoms with Crippen molar-refractivity contribution in [1.82, 2.24) is 19.8 Å². The van der Waals surface area contributed by atoms with Gasteiger partial charge in [-0.15, -0.1) is 12.3 Å². The molecule has 0 radical (unpaired) electrons. The Morgan fingerprint density at radius 3 is 2.66 bits per heavy atom. The molecule has 1 aromatic heterocycles. The molecule has 0 saturated carbocycles. The Bertz CT molecular complexity index is 1410. The minimum absolute atomic E-state index is 0.161. The van der Waals surface area contributed by atoms with Gasteiger partial charge in [-0.25, -0.2) is 4.79 Å². The van der Waals surface area contributed by atoms with E-state index in [2.05, 4.69) is 47.9 Å². The Hall–Kier alpha value is -3.31. The van der Waals surface area contributed by atoms with Gasteiger partial charge in [-0.1, -0.05) is 25.1 Å². The Morgan fingerprint density at radius 1 is 1.07 bits per heavy atom. The molecule has 4 atom stereocenters. The smallest absolute Gasteiger partial charge is 0.410 e. The number of carbonyl (C=O) groups is 1. The van der Waals surface area contributed by atoms with Gasteiger partial charge in [0.25, 0.3) is 0 Å². The second-order valence-corrected chi connectivity index (χ2v) is 14.4. The molecule has 4 aliphatic rings. The number of hydrogen-bond acceptors (Lipinski definition) is 7. The largest absolute Gasteiger partial charge is 0.462 e. The SMILES string of the molecule is C#CCC1CN(c2nc(OCC3CCCN3C)nc3c2CC(C)C(c2cccc4c2CCC4)C3)CCN1C(=O)OC(C)(C)C. The van der Waals surface area contributed by atoms with Crippen LogP contribution in [0.4, 0.5) is 10.6 Å². The zero-order valence-corrected chi connectivity index (χ0v) is 27.3. The lowest BCUT2D eigenvalue weighted by Gasteiger charge is -2.43. The molecule has 6 rings (SSSR count). The monoisotopic (exact) mass is 599 g/mol. The van der Waals surface area contributed by atoms with E-state index >= 15 is 0 Å². The van der Waals surface area contributed by atoms with Crippen molar-refractivity contribution in [1.29, 1.82) is 0 Å². The molecule has 1 aromatic carbocycles. The molecule has 236 valence electrons. The van der Waals surface area contributed by atoms with Crippen LogP contribution in [0, 0.1) is 18.3 Å². The molecule has 4 unspecified atom stereocenters. The summed E-state index contributed by atoms with van der Waals surface area (Å²) in [5.74, 6) is 4.62. The van der Waals surface area contributed by atoms with E-state index in [1.54, 1.807) is 10.5 Å². The summed E-state index contributed by atoms with van der Waals surface area (Å²) in [7, 11) is 2.17. The molecule has 44 heavy (non-hydrogen) atoms. The second kappa shape index (κ2) is 12.6. The molecule has 2 fully saturated rings. The molecule has 0 bridgehead atoms. The lowest BCUT2D eigenvalue weighted by Crippen LogP contribution is -2.56. The summed E-state index contributed by atoms with van der Waals surface area (Å²) >= 11 is 0. The van der Waals surface area contributed by atoms with Crippen LogP contribution in [0.15, 0.2) is 18.2 Å². The number of aryl methyl sites for hydroxylation is 1. The van der Waals surface area contributed by atoms with Crippen molar-refractivity contribution in [2.45, 2.75) is 103 Å². The van der Waals surface area contributed by atoms with Crippen molar-refractivity contribution in [3.05, 3.63) is 46.1 Å². The van der Waals surface area contributed by atoms with Crippen LogP contribution in [0.25, 0.3) is 0 Å². The van der Waals surface area contributed by atoms with E-state index in [-0.39, 0.29) is 12.1 Å². The number of fused-ring (bicyclic) bond motifs is 2. The molecule has 2 saturated heterocycles. The van der Waals surface area contributed by atoms with Crippen LogP contribution in [-0.2, 0) is 30.4 Å². The normalized spacial score (nSPS) is 25.4. The second-order valence-electron chi connectivity index (χ2n) is 14.4. The van der Waals surface area contributed by atoms with Crippen molar-refractivity contribution in [2.24, 2.45) is 5.92 Å². The average Bonchev–Trinajstić information content (AvgIpc) is 3.63. The predicted molar refractivity (Wildman–Crippen MR) is 173 cm³/mol. The van der Waals surface area contributed by atoms with E-state index in [0.29, 0.717) is 56.6 Å². The van der Waals surface area contributed by atoms with E-state index in [9.17, 15) is 4.79 Å². The van der Waals surface area contributed by atoms with Crippen molar-refractivity contribution in [3.63, 3.8) is 0 Å². The number of hydrogen-bond donors (Lipinski definition) is 0. The molecule has 2 aliphatic heterocycles. The van der Waals surface area contributed by atoms with Gasteiger partial charge in [0.15, 0.2) is 0 Å². The zero-order valence-electron chi connectivity index (χ0n) is 27.3. The Kier molecular flexibility index (Phi) is 8.79. The molecular weight excluding hydrogens is 550 g/mol. The number of aromatic nitrogens is 2. The maximum Gasteiger partial charge on any atom is 0.410 e. The van der Waals surface area contributed by atoms with E-state index in [4.69, 9.17) is 25.9 Å². The third-order valence-electron chi connectivity index (χ3n) is 10.1. The highest BCUT2D eigenvalue weighted by molar-refractivity contribution is 5.69. The van der Waals surface area contributed by atoms with Crippen LogP contribution >= 0.6 is 0 Å². The number of piperazine rings is 1. The topological polar surface area (TPSA) is 71.0 Å². The Labute approximate surface area is 263 Å². The summed E-state index contributed by atoms with van der Waals surface area (Å²) in [4.78, 5) is 29.8. The minimum atomic E-state index is -0.564. The van der Waals surface area contributed by atoms with E-state index < -0.39 is 5.60 Å². The number of terminal acetylenes is 1. The molecule has 8 heteroatoms. The summed E-state index contributed by atoms with van der Waals surface area (Å²) in [6.45, 7) is 11.5. The van der Waals surface area contributed by atoms with E-state index in [1.165, 1.54) is 42.4 Å². The number of benzene rings is 1. The molecule has 2 aliphatic carbocycles. The van der Waals surface area contributed by atoms with Crippen LogP contribution in [0.1, 0.15) is 87.2 Å². The Balaban J connectivity index is 1.31. The fourth-order valence-corrected chi connectivity index (χ4v) is 7.77. The fourth-order valence-electron chi connectivity index (χ4n) is 7.77. The first kappa shape index (κ1) is 30.7. The molecule has 3 heterocycles. The molecule has 0 N–H and O–H groups in total. The fraction of sp³-hybridized carbons (Fsp3) is 0.639. The summed E-state index contributed by atoms with van der Waals surface area (Å²) in [6, 6.07) is 7.60. The third-order valence-corrected chi connectivity index (χ3v) is 10.1. The number of amides is 1. The highest BCUT2D eigenvalue weighted by Crippen LogP contribution is 2.43. The molecule has 8 nitrogen and oxygen atoms in total. The van der Waals surface area contributed by atoms with Crippen LogP contribution in [0.2, 0.25) is 0 Å². The lowest BCUT2D eigenvalue weighted by atomic mass is 9.73. The maximum atomic E-state index is 13.1. The van der Waals surface area contributed by atoms with Gasteiger partial charge in [0.05, 0.1) is 11.7 Å². The number of ether oxygens (including phenoxy) is 2. The molecule has 0 spiro atoms. The van der Waals surface area contributed by atoms with E-state index in [1.807, 2.05) is 20.8 Å². The highest BCUT2D eigenvalue weighted by atomic mass is 16.6. The quantitative estimate of drug-likeness (QED) is 0.412. The zero-order chi connectivity index (χ0) is 31.0. The van der Waals surface area contributed by atoms with Crippen LogP contribution < -0.4 is 9.64 Å². The van der Waals surface area contributed by atoms with Crippen molar-refractivity contribution < 1.29 is 14.3 Å². The first-order valence-electron chi connectivity index (χ1n) is 16.6. The van der Waals surface area contributed by atoms with Crippen molar-refractivity contribution in [3.8, 4) is 18.4 Å². The van der Waals surface area contributed by atoms with Gasteiger partial charge in [0.2, 0.25) is 0 Å². The third kappa shape index (κ3) is 6.40. The molecule has 1 amide bonds. The average molecular weight is 600 g/mol. The van der Waals surface area contributed by atoms with Gasteiger partial charge < -0.3 is 24.2 Å². The summed E-state index contributed by atoms with van der Waals surface area (Å²) in [5.41, 5.74) is 6.36. The summed E-state index contributed by atoms with van der Waals surface area (Å²) in [6.07, 6.45) is 13.7. The van der Waals surface area contributed by atoms with E-state index in [0.717, 1.165) is 37.3 Å². The van der Waals surface area contributed by atoms with Gasteiger partial charge in [0.1, 0.15) is 18.0 Å². The van der Waals surface area contributed by atoms with Gasteiger partial charge in [-0.05, 0) is 108 Å². The number of rotatable bonds is 6. The minimum Gasteiger partial charge on any atom is -0.462 e. The van der Waals surface area contributed by atoms with Crippen LogP contribution in [0.5, 0.6) is 6.01 Å². The van der Waals surface area contributed by atoms with Gasteiger partial charge in [-0.2, -0.15) is 9.97 Å². The first-order chi connectivity index (χ1) is 21.1. The maximum absolute atomic E-state index is 13.1. The van der Waals surface area contributed by atoms with Crippen molar-refractivity contribution >= 4 is 11.9 Å². The van der Waals surface area contributed by atoms with Crippen molar-refractivity contribution in [2.75, 3.05) is 44.7 Å². The van der Waals surface area contributed by atoms with Gasteiger partial charge in [0, 0.05) is 37.7 Å². The summed E-state index contributed by atoms with van der Waals surface area (Å²) < 4.78 is 12.1. The molecule has 2 aromatic rings. The van der Waals surface area contributed by atoms with Crippen LogP contribution in [-0.4, -0.2) is 83.4 Å². The lowest BCUT2D eigenvalue weighted by molar-refractivity contribution is 0.0145. The number of nitrogens with zero attached hydrogens (tertiary/aromatic N) is 5. The standard InChI is InChI=1S/C36H49N5O3/c1-7-11-26-22-40(18-19-41(26)35(42)44-36(3,4)5)33-31-20-24(2)30(29-16-9-13-25-12-8-15-28(25)29)21-32(31)37-34(38-33)43-23-27-14-10-17-39(27)6/h1,9,13,16,24,26-27,30H,8,10-12,14-15,17-23H2,2-6H3. The van der Waals surface area contributed by atoms with Gasteiger partial charge >= 0.3 is 12.1 Å². The highest BCUT2D eigenvalue weighted by Gasteiger charge is 2.38. The number of anilines is 1. The number of likely N-dealkylation sites (tertiary alicyclic amines) is 1. The molecular formula is C36H49N5O3. The van der Waals surface area contributed by atoms with Crippen LogP contribution in [0.3, 0.4) is 0 Å². The number of carbonyl (C=O) groups excluding carboxylic acids is 1. The number of likely N-dealkylation sites (N-methyl/N-ethyl adjacent to an activating group) is 1. The summed E-state index contributed by atoms with van der Waals surface area (Å²) in [5, 5.41) is 0.